The van der Waals surface area contributed by atoms with Crippen LogP contribution in [-0.2, 0) is 16.1 Å². The molecule has 0 aliphatic rings. The second-order valence-corrected chi connectivity index (χ2v) is 7.64. The predicted molar refractivity (Wildman–Crippen MR) is 120 cm³/mol. The Balaban J connectivity index is 1.52. The van der Waals surface area contributed by atoms with Gasteiger partial charge in [-0.1, -0.05) is 12.1 Å². The van der Waals surface area contributed by atoms with Gasteiger partial charge >= 0.3 is 17.6 Å². The van der Waals surface area contributed by atoms with E-state index in [-0.39, 0.29) is 18.2 Å². The van der Waals surface area contributed by atoms with Crippen molar-refractivity contribution >= 4 is 28.9 Å². The maximum Gasteiger partial charge on any atom is 0.338 e. The summed E-state index contributed by atoms with van der Waals surface area (Å²) in [7, 11) is 0. The van der Waals surface area contributed by atoms with E-state index in [0.29, 0.717) is 11.3 Å². The number of amides is 3. The molecule has 1 heterocycles. The Morgan fingerprint density at radius 2 is 1.76 bits per heavy atom. The van der Waals surface area contributed by atoms with E-state index in [9.17, 15) is 19.2 Å². The fraction of sp³-hybridized carbons (Fsp3) is 0.250. The lowest BCUT2D eigenvalue weighted by atomic mass is 10.1. The lowest BCUT2D eigenvalue weighted by molar-refractivity contribution is -0.123. The zero-order chi connectivity index (χ0) is 24.0. The highest BCUT2D eigenvalue weighted by molar-refractivity contribution is 5.97. The fourth-order valence-electron chi connectivity index (χ4n) is 2.97. The molecule has 0 aliphatic heterocycles. The number of esters is 1. The average molecular weight is 452 g/mol. The van der Waals surface area contributed by atoms with Crippen molar-refractivity contribution in [2.45, 2.75) is 33.4 Å². The van der Waals surface area contributed by atoms with E-state index < -0.39 is 30.1 Å². The highest BCUT2D eigenvalue weighted by Crippen LogP contribution is 2.23. The van der Waals surface area contributed by atoms with Gasteiger partial charge < -0.3 is 19.2 Å². The van der Waals surface area contributed by atoms with Gasteiger partial charge in [-0.05, 0) is 56.2 Å². The first-order chi connectivity index (χ1) is 15.7. The summed E-state index contributed by atoms with van der Waals surface area (Å²) in [6.45, 7) is 4.99. The number of urea groups is 1. The summed E-state index contributed by atoms with van der Waals surface area (Å²) in [4.78, 5) is 46.8. The first-order valence-corrected chi connectivity index (χ1v) is 10.2. The summed E-state index contributed by atoms with van der Waals surface area (Å²) in [5.41, 5.74) is 1.89. The Kier molecular flexibility index (Phi) is 7.45. The van der Waals surface area contributed by atoms with E-state index in [1.807, 2.05) is 13.0 Å². The molecule has 0 saturated carbocycles. The summed E-state index contributed by atoms with van der Waals surface area (Å²) in [5, 5.41) is 5.40. The lowest BCUT2D eigenvalue weighted by Crippen LogP contribution is -2.44. The molecule has 172 valence electrons. The van der Waals surface area contributed by atoms with Crippen LogP contribution in [0.5, 0.6) is 5.75 Å². The largest absolute Gasteiger partial charge is 0.489 e. The molecule has 0 saturated heterocycles. The van der Waals surface area contributed by atoms with E-state index in [2.05, 4.69) is 10.6 Å². The Bertz CT molecular complexity index is 1230. The zero-order valence-electron chi connectivity index (χ0n) is 18.5. The molecule has 33 heavy (non-hydrogen) atoms. The minimum atomic E-state index is -0.729. The van der Waals surface area contributed by atoms with Gasteiger partial charge in [-0.25, -0.2) is 14.4 Å². The number of carbonyl (C=O) groups is 3. The van der Waals surface area contributed by atoms with Gasteiger partial charge in [0, 0.05) is 23.6 Å². The van der Waals surface area contributed by atoms with Crippen LogP contribution in [-0.4, -0.2) is 30.6 Å². The molecule has 0 aliphatic carbocycles. The highest BCUT2D eigenvalue weighted by Gasteiger charge is 2.13. The number of aryl methyl sites for hydroxylation is 1. The summed E-state index contributed by atoms with van der Waals surface area (Å²) in [6.07, 6.45) is 0. The van der Waals surface area contributed by atoms with E-state index in [4.69, 9.17) is 13.9 Å². The third-order valence-corrected chi connectivity index (χ3v) is 4.53. The number of hydrogen-bond acceptors (Lipinski definition) is 7. The van der Waals surface area contributed by atoms with Gasteiger partial charge in [0.2, 0.25) is 0 Å². The van der Waals surface area contributed by atoms with Gasteiger partial charge in [0.05, 0.1) is 5.56 Å². The molecule has 0 spiro atoms. The third kappa shape index (κ3) is 6.67. The summed E-state index contributed by atoms with van der Waals surface area (Å²) in [6, 6.07) is 12.4. The Hall–Kier alpha value is -4.14. The Labute approximate surface area is 189 Å². The molecule has 2 aromatic carbocycles. The molecule has 0 fully saturated rings. The maximum absolute atomic E-state index is 12.1. The number of benzene rings is 2. The molecule has 1 aromatic heterocycles. The fourth-order valence-corrected chi connectivity index (χ4v) is 2.97. The average Bonchev–Trinajstić information content (AvgIpc) is 2.75. The van der Waals surface area contributed by atoms with Crippen molar-refractivity contribution in [3.8, 4) is 5.75 Å². The van der Waals surface area contributed by atoms with Crippen LogP contribution >= 0.6 is 0 Å². The number of fused-ring (bicyclic) bond motifs is 1. The van der Waals surface area contributed by atoms with Crippen molar-refractivity contribution in [2.24, 2.45) is 0 Å². The van der Waals surface area contributed by atoms with Crippen molar-refractivity contribution in [1.82, 2.24) is 10.6 Å². The van der Waals surface area contributed by atoms with Crippen molar-refractivity contribution in [3.05, 3.63) is 75.6 Å². The second kappa shape index (κ2) is 10.4. The first kappa shape index (κ1) is 23.5. The number of rotatable bonds is 7. The minimum absolute atomic E-state index is 0.131. The van der Waals surface area contributed by atoms with Gasteiger partial charge in [0.25, 0.3) is 5.91 Å². The van der Waals surface area contributed by atoms with Gasteiger partial charge in [0.1, 0.15) is 17.9 Å². The molecule has 0 atom stereocenters. The molecule has 3 aromatic rings. The van der Waals surface area contributed by atoms with Gasteiger partial charge in [0.15, 0.2) is 6.61 Å². The number of nitrogens with one attached hydrogen (secondary N) is 2. The summed E-state index contributed by atoms with van der Waals surface area (Å²) >= 11 is 0. The zero-order valence-corrected chi connectivity index (χ0v) is 18.5. The van der Waals surface area contributed by atoms with Crippen LogP contribution in [0.2, 0.25) is 0 Å². The van der Waals surface area contributed by atoms with E-state index in [1.165, 1.54) is 6.07 Å². The minimum Gasteiger partial charge on any atom is -0.489 e. The van der Waals surface area contributed by atoms with Crippen LogP contribution in [0.4, 0.5) is 4.79 Å². The van der Waals surface area contributed by atoms with Crippen LogP contribution in [0.1, 0.15) is 35.3 Å². The molecule has 3 amide bonds. The van der Waals surface area contributed by atoms with E-state index >= 15 is 0 Å². The highest BCUT2D eigenvalue weighted by atomic mass is 16.5. The van der Waals surface area contributed by atoms with Gasteiger partial charge in [-0.3, -0.25) is 10.1 Å². The summed E-state index contributed by atoms with van der Waals surface area (Å²) < 4.78 is 15.9. The Morgan fingerprint density at radius 3 is 2.45 bits per heavy atom. The number of carbonyl (C=O) groups excluding carboxylic acids is 3. The molecule has 9 nitrogen and oxygen atoms in total. The van der Waals surface area contributed by atoms with Gasteiger partial charge in [-0.15, -0.1) is 0 Å². The van der Waals surface area contributed by atoms with Crippen LogP contribution in [0, 0.1) is 6.92 Å². The smallest absolute Gasteiger partial charge is 0.338 e. The van der Waals surface area contributed by atoms with Crippen LogP contribution < -0.4 is 21.0 Å². The molecule has 0 radical (unpaired) electrons. The van der Waals surface area contributed by atoms with E-state index in [0.717, 1.165) is 16.5 Å². The topological polar surface area (TPSA) is 124 Å². The number of ether oxygens (including phenoxy) is 2. The second-order valence-electron chi connectivity index (χ2n) is 7.64. The molecule has 9 heteroatoms. The molecule has 0 unspecified atom stereocenters. The van der Waals surface area contributed by atoms with Gasteiger partial charge in [-0.2, -0.15) is 0 Å². The first-order valence-electron chi connectivity index (χ1n) is 10.2. The van der Waals surface area contributed by atoms with Crippen molar-refractivity contribution in [3.63, 3.8) is 0 Å². The molecule has 2 N–H and O–H groups in total. The SMILES string of the molecule is Cc1cc(=O)oc2cc(OCc3ccc(C(=O)OCC(=O)NC(=O)NC(C)C)cc3)ccc12. The number of hydrogen-bond donors (Lipinski definition) is 2. The standard InChI is InChI=1S/C24H24N2O7/c1-14(2)25-24(30)26-21(27)13-32-23(29)17-6-4-16(5-7-17)12-31-18-8-9-19-15(3)10-22(28)33-20(19)11-18/h4-11,14H,12-13H2,1-3H3,(H2,25,26,27,30). The normalized spacial score (nSPS) is 10.7. The lowest BCUT2D eigenvalue weighted by Gasteiger charge is -2.10. The van der Waals surface area contributed by atoms with Crippen LogP contribution in [0.15, 0.2) is 57.7 Å². The molecule has 3 rings (SSSR count). The Morgan fingerprint density at radius 1 is 1.03 bits per heavy atom. The van der Waals surface area contributed by atoms with Crippen LogP contribution in [0.3, 0.4) is 0 Å². The van der Waals surface area contributed by atoms with Crippen molar-refractivity contribution in [2.75, 3.05) is 6.61 Å². The van der Waals surface area contributed by atoms with Crippen LogP contribution in [0.25, 0.3) is 11.0 Å². The molecular formula is C24H24N2O7. The number of imide groups is 1. The van der Waals surface area contributed by atoms with Crippen molar-refractivity contribution < 1.29 is 28.3 Å². The molecule has 0 bridgehead atoms. The predicted octanol–water partition coefficient (Wildman–Crippen LogP) is 3.07. The third-order valence-electron chi connectivity index (χ3n) is 4.53. The monoisotopic (exact) mass is 452 g/mol. The maximum atomic E-state index is 12.1. The molecular weight excluding hydrogens is 428 g/mol. The summed E-state index contributed by atoms with van der Waals surface area (Å²) in [5.74, 6) is -0.887. The van der Waals surface area contributed by atoms with Crippen molar-refractivity contribution in [1.29, 1.82) is 0 Å². The van der Waals surface area contributed by atoms with E-state index in [1.54, 1.807) is 50.2 Å². The quantitative estimate of drug-likeness (QED) is 0.417.